The number of carbonyl (C=O) groups is 1. The molecular weight excluding hydrogens is 222 g/mol. The Labute approximate surface area is 107 Å². The second-order valence-electron chi connectivity index (χ2n) is 4.92. The summed E-state index contributed by atoms with van der Waals surface area (Å²) in [7, 11) is 0. The van der Waals surface area contributed by atoms with E-state index < -0.39 is 0 Å². The molecule has 18 heavy (non-hydrogen) atoms. The molecule has 0 atom stereocenters. The molecule has 2 heteroatoms. The summed E-state index contributed by atoms with van der Waals surface area (Å²) in [5.74, 6) is 0. The van der Waals surface area contributed by atoms with Gasteiger partial charge in [0.05, 0.1) is 0 Å². The quantitative estimate of drug-likeness (QED) is 0.746. The fourth-order valence-electron chi connectivity index (χ4n) is 2.76. The van der Waals surface area contributed by atoms with Crippen LogP contribution in [-0.4, -0.2) is 19.4 Å². The van der Waals surface area contributed by atoms with E-state index >= 15 is 0 Å². The minimum absolute atomic E-state index is 0.800. The average molecular weight is 239 g/mol. The molecule has 0 spiro atoms. The predicted octanol–water partition coefficient (Wildman–Crippen LogP) is 3.64. The SMILES string of the molecule is O=Cc1cc(N2CCCCC2)cc2ccccc12. The first-order valence-electron chi connectivity index (χ1n) is 6.61. The van der Waals surface area contributed by atoms with Gasteiger partial charge in [0.2, 0.25) is 0 Å². The minimum Gasteiger partial charge on any atom is -0.372 e. The van der Waals surface area contributed by atoms with E-state index in [0.29, 0.717) is 0 Å². The third kappa shape index (κ3) is 1.99. The Kier molecular flexibility index (Phi) is 3.01. The second-order valence-corrected chi connectivity index (χ2v) is 4.92. The zero-order valence-electron chi connectivity index (χ0n) is 10.4. The molecule has 0 amide bonds. The summed E-state index contributed by atoms with van der Waals surface area (Å²) in [6, 6.07) is 12.3. The summed E-state index contributed by atoms with van der Waals surface area (Å²) in [4.78, 5) is 13.6. The van der Waals surface area contributed by atoms with Crippen molar-refractivity contribution < 1.29 is 4.79 Å². The van der Waals surface area contributed by atoms with Crippen LogP contribution in [0.4, 0.5) is 5.69 Å². The number of benzene rings is 2. The maximum Gasteiger partial charge on any atom is 0.150 e. The van der Waals surface area contributed by atoms with Gasteiger partial charge in [0.15, 0.2) is 6.29 Å². The molecule has 3 rings (SSSR count). The third-order valence-corrected chi connectivity index (χ3v) is 3.73. The lowest BCUT2D eigenvalue weighted by molar-refractivity contribution is 0.112. The van der Waals surface area contributed by atoms with Crippen LogP contribution >= 0.6 is 0 Å². The van der Waals surface area contributed by atoms with Gasteiger partial charge in [-0.2, -0.15) is 0 Å². The zero-order valence-corrected chi connectivity index (χ0v) is 10.4. The Morgan fingerprint density at radius 3 is 2.56 bits per heavy atom. The van der Waals surface area contributed by atoms with Crippen LogP contribution in [0.25, 0.3) is 10.8 Å². The maximum atomic E-state index is 11.2. The Hall–Kier alpha value is -1.83. The zero-order chi connectivity index (χ0) is 12.4. The number of fused-ring (bicyclic) bond motifs is 1. The van der Waals surface area contributed by atoms with Crippen molar-refractivity contribution in [3.8, 4) is 0 Å². The highest BCUT2D eigenvalue weighted by Gasteiger charge is 2.12. The summed E-state index contributed by atoms with van der Waals surface area (Å²) in [6.45, 7) is 2.22. The number of hydrogen-bond acceptors (Lipinski definition) is 2. The van der Waals surface area contributed by atoms with Crippen LogP contribution in [0, 0.1) is 0 Å². The first kappa shape index (κ1) is 11.3. The van der Waals surface area contributed by atoms with E-state index in [1.54, 1.807) is 0 Å². The first-order valence-corrected chi connectivity index (χ1v) is 6.61. The van der Waals surface area contributed by atoms with Crippen molar-refractivity contribution in [1.29, 1.82) is 0 Å². The lowest BCUT2D eigenvalue weighted by Crippen LogP contribution is -2.29. The molecule has 1 aliphatic rings. The van der Waals surface area contributed by atoms with Crippen molar-refractivity contribution in [2.45, 2.75) is 19.3 Å². The molecule has 1 heterocycles. The number of hydrogen-bond donors (Lipinski definition) is 0. The van der Waals surface area contributed by atoms with Gasteiger partial charge in [-0.1, -0.05) is 24.3 Å². The number of aldehydes is 1. The lowest BCUT2D eigenvalue weighted by Gasteiger charge is -2.29. The fourth-order valence-corrected chi connectivity index (χ4v) is 2.76. The van der Waals surface area contributed by atoms with E-state index in [1.807, 2.05) is 24.3 Å². The molecule has 0 bridgehead atoms. The van der Waals surface area contributed by atoms with Crippen molar-refractivity contribution in [2.24, 2.45) is 0 Å². The summed E-state index contributed by atoms with van der Waals surface area (Å²) >= 11 is 0. The van der Waals surface area contributed by atoms with Crippen LogP contribution in [0.15, 0.2) is 36.4 Å². The summed E-state index contributed by atoms with van der Waals surface area (Å²) in [6.07, 6.45) is 4.80. The largest absolute Gasteiger partial charge is 0.372 e. The Morgan fingerprint density at radius 2 is 1.78 bits per heavy atom. The smallest absolute Gasteiger partial charge is 0.150 e. The van der Waals surface area contributed by atoms with Gasteiger partial charge in [-0.25, -0.2) is 0 Å². The summed E-state index contributed by atoms with van der Waals surface area (Å²) in [5.41, 5.74) is 1.99. The summed E-state index contributed by atoms with van der Waals surface area (Å²) < 4.78 is 0. The van der Waals surface area contributed by atoms with Gasteiger partial charge >= 0.3 is 0 Å². The molecular formula is C16H17NO. The summed E-state index contributed by atoms with van der Waals surface area (Å²) in [5, 5.41) is 2.20. The van der Waals surface area contributed by atoms with Crippen LogP contribution in [0.2, 0.25) is 0 Å². The molecule has 0 saturated carbocycles. The number of anilines is 1. The normalized spacial score (nSPS) is 15.9. The topological polar surface area (TPSA) is 20.3 Å². The number of piperidine rings is 1. The molecule has 0 unspecified atom stereocenters. The number of rotatable bonds is 2. The standard InChI is InChI=1S/C16H17NO/c18-12-14-11-15(17-8-4-1-5-9-17)10-13-6-2-3-7-16(13)14/h2-3,6-7,10-12H,1,4-5,8-9H2. The van der Waals surface area contributed by atoms with Crippen molar-refractivity contribution in [1.82, 2.24) is 0 Å². The molecule has 0 N–H and O–H groups in total. The second kappa shape index (κ2) is 4.81. The molecule has 0 aliphatic carbocycles. The fraction of sp³-hybridized carbons (Fsp3) is 0.312. The average Bonchev–Trinajstić information content (AvgIpc) is 2.47. The molecule has 1 fully saturated rings. The van der Waals surface area contributed by atoms with E-state index in [4.69, 9.17) is 0 Å². The van der Waals surface area contributed by atoms with E-state index in [-0.39, 0.29) is 0 Å². The van der Waals surface area contributed by atoms with Crippen LogP contribution in [0.3, 0.4) is 0 Å². The van der Waals surface area contributed by atoms with Gasteiger partial charge in [0.25, 0.3) is 0 Å². The van der Waals surface area contributed by atoms with Gasteiger partial charge in [-0.05, 0) is 42.2 Å². The van der Waals surface area contributed by atoms with E-state index in [1.165, 1.54) is 24.9 Å². The van der Waals surface area contributed by atoms with Gasteiger partial charge in [-0.3, -0.25) is 4.79 Å². The maximum absolute atomic E-state index is 11.2. The van der Waals surface area contributed by atoms with Crippen LogP contribution in [-0.2, 0) is 0 Å². The van der Waals surface area contributed by atoms with E-state index in [2.05, 4.69) is 17.0 Å². The van der Waals surface area contributed by atoms with Crippen molar-refractivity contribution in [3.05, 3.63) is 42.0 Å². The minimum atomic E-state index is 0.800. The lowest BCUT2D eigenvalue weighted by atomic mass is 10.0. The molecule has 2 aromatic carbocycles. The van der Waals surface area contributed by atoms with Gasteiger partial charge in [0, 0.05) is 24.3 Å². The Morgan fingerprint density at radius 1 is 1.00 bits per heavy atom. The number of nitrogens with zero attached hydrogens (tertiary/aromatic N) is 1. The van der Waals surface area contributed by atoms with E-state index in [0.717, 1.165) is 35.7 Å². The van der Waals surface area contributed by atoms with Crippen molar-refractivity contribution >= 4 is 22.7 Å². The van der Waals surface area contributed by atoms with Crippen LogP contribution in [0.5, 0.6) is 0 Å². The van der Waals surface area contributed by atoms with Crippen molar-refractivity contribution in [2.75, 3.05) is 18.0 Å². The molecule has 1 saturated heterocycles. The monoisotopic (exact) mass is 239 g/mol. The highest BCUT2D eigenvalue weighted by Crippen LogP contribution is 2.27. The molecule has 2 nitrogen and oxygen atoms in total. The van der Waals surface area contributed by atoms with Crippen LogP contribution < -0.4 is 4.90 Å². The van der Waals surface area contributed by atoms with E-state index in [9.17, 15) is 4.79 Å². The van der Waals surface area contributed by atoms with Gasteiger partial charge in [-0.15, -0.1) is 0 Å². The number of carbonyl (C=O) groups excluding carboxylic acids is 1. The molecule has 92 valence electrons. The first-order chi connectivity index (χ1) is 8.88. The van der Waals surface area contributed by atoms with Gasteiger partial charge in [0.1, 0.15) is 0 Å². The Balaban J connectivity index is 2.09. The highest BCUT2D eigenvalue weighted by molar-refractivity contribution is 6.00. The predicted molar refractivity (Wildman–Crippen MR) is 75.4 cm³/mol. The molecule has 1 aliphatic heterocycles. The van der Waals surface area contributed by atoms with Crippen molar-refractivity contribution in [3.63, 3.8) is 0 Å². The van der Waals surface area contributed by atoms with Crippen LogP contribution in [0.1, 0.15) is 29.6 Å². The highest BCUT2D eigenvalue weighted by atomic mass is 16.1. The molecule has 0 radical (unpaired) electrons. The Bertz CT molecular complexity index is 570. The third-order valence-electron chi connectivity index (χ3n) is 3.73. The molecule has 2 aromatic rings. The molecule has 0 aromatic heterocycles. The van der Waals surface area contributed by atoms with Gasteiger partial charge < -0.3 is 4.90 Å².